The molecule has 0 amide bonds. The minimum absolute atomic E-state index is 0.807. The molecule has 1 aromatic rings. The van der Waals surface area contributed by atoms with Gasteiger partial charge in [-0.2, -0.15) is 0 Å². The summed E-state index contributed by atoms with van der Waals surface area (Å²) in [6, 6.07) is 8.06. The van der Waals surface area contributed by atoms with Crippen molar-refractivity contribution in [2.75, 3.05) is 19.0 Å². The van der Waals surface area contributed by atoms with Crippen molar-refractivity contribution >= 4 is 5.69 Å². The van der Waals surface area contributed by atoms with Gasteiger partial charge < -0.3 is 10.1 Å². The molecule has 0 saturated heterocycles. The summed E-state index contributed by atoms with van der Waals surface area (Å²) < 4.78 is 5.69. The third kappa shape index (κ3) is 6.00. The second-order valence-corrected chi connectivity index (χ2v) is 4.12. The highest BCUT2D eigenvalue weighted by Gasteiger charge is 1.95. The van der Waals surface area contributed by atoms with Crippen LogP contribution < -0.4 is 10.1 Å². The summed E-state index contributed by atoms with van der Waals surface area (Å²) >= 11 is 0. The highest BCUT2D eigenvalue weighted by molar-refractivity contribution is 5.47. The van der Waals surface area contributed by atoms with E-state index in [0.717, 1.165) is 30.9 Å². The van der Waals surface area contributed by atoms with Crippen LogP contribution in [0.5, 0.6) is 5.75 Å². The van der Waals surface area contributed by atoms with E-state index in [2.05, 4.69) is 11.9 Å². The van der Waals surface area contributed by atoms with Gasteiger partial charge in [0, 0.05) is 18.8 Å². The zero-order valence-electron chi connectivity index (χ0n) is 10.7. The van der Waals surface area contributed by atoms with E-state index >= 15 is 0 Å². The van der Waals surface area contributed by atoms with E-state index in [1.165, 1.54) is 19.3 Å². The molecule has 0 aliphatic carbocycles. The maximum absolute atomic E-state index is 5.69. The normalized spacial score (nSPS) is 9.94. The molecule has 0 atom stereocenters. The monoisotopic (exact) mass is 233 g/mol. The van der Waals surface area contributed by atoms with Gasteiger partial charge in [-0.05, 0) is 31.4 Å². The Morgan fingerprint density at radius 1 is 1.24 bits per heavy atom. The Kier molecular flexibility index (Phi) is 6.96. The number of nitrogens with one attached hydrogen (secondary N) is 1. The zero-order valence-corrected chi connectivity index (χ0v) is 10.7. The number of hydrogen-bond donors (Lipinski definition) is 1. The standard InChI is InChI=1S/C15H23NO/c1-3-4-5-6-7-8-12-17-15-11-9-10-14(13-15)16-2/h3,9-11,13,16H,1,4-8,12H2,2H3. The number of hydrogen-bond acceptors (Lipinski definition) is 2. The first-order chi connectivity index (χ1) is 8.36. The molecule has 0 heterocycles. The predicted molar refractivity (Wildman–Crippen MR) is 74.8 cm³/mol. The van der Waals surface area contributed by atoms with E-state index < -0.39 is 0 Å². The van der Waals surface area contributed by atoms with Gasteiger partial charge in [-0.15, -0.1) is 6.58 Å². The van der Waals surface area contributed by atoms with E-state index in [-0.39, 0.29) is 0 Å². The summed E-state index contributed by atoms with van der Waals surface area (Å²) in [5, 5.41) is 3.10. The Hall–Kier alpha value is -1.44. The lowest BCUT2D eigenvalue weighted by atomic mass is 10.1. The highest BCUT2D eigenvalue weighted by Crippen LogP contribution is 2.17. The van der Waals surface area contributed by atoms with Crippen LogP contribution in [0.2, 0.25) is 0 Å². The fraction of sp³-hybridized carbons (Fsp3) is 0.467. The Balaban J connectivity index is 2.11. The van der Waals surface area contributed by atoms with Gasteiger partial charge in [-0.3, -0.25) is 0 Å². The first-order valence-electron chi connectivity index (χ1n) is 6.38. The molecule has 2 nitrogen and oxygen atoms in total. The summed E-state index contributed by atoms with van der Waals surface area (Å²) in [5.41, 5.74) is 1.09. The Labute approximate surface area is 105 Å². The number of allylic oxidation sites excluding steroid dienone is 1. The number of ether oxygens (including phenoxy) is 1. The van der Waals surface area contributed by atoms with E-state index in [9.17, 15) is 0 Å². The molecule has 94 valence electrons. The summed E-state index contributed by atoms with van der Waals surface area (Å²) in [7, 11) is 1.92. The molecule has 0 radical (unpaired) electrons. The first-order valence-corrected chi connectivity index (χ1v) is 6.38. The van der Waals surface area contributed by atoms with Crippen molar-refractivity contribution in [2.45, 2.75) is 32.1 Å². The molecular weight excluding hydrogens is 210 g/mol. The van der Waals surface area contributed by atoms with Gasteiger partial charge in [-0.25, -0.2) is 0 Å². The average molecular weight is 233 g/mol. The van der Waals surface area contributed by atoms with Gasteiger partial charge in [0.25, 0.3) is 0 Å². The molecule has 0 fully saturated rings. The molecule has 0 aromatic heterocycles. The first kappa shape index (κ1) is 13.6. The van der Waals surface area contributed by atoms with Crippen LogP contribution in [0, 0.1) is 0 Å². The summed E-state index contributed by atoms with van der Waals surface area (Å²) in [6.45, 7) is 4.53. The van der Waals surface area contributed by atoms with Gasteiger partial charge in [0.15, 0.2) is 0 Å². The summed E-state index contributed by atoms with van der Waals surface area (Å²) in [4.78, 5) is 0. The third-order valence-electron chi connectivity index (χ3n) is 2.69. The molecule has 0 bridgehead atoms. The van der Waals surface area contributed by atoms with Crippen LogP contribution >= 0.6 is 0 Å². The van der Waals surface area contributed by atoms with Crippen molar-refractivity contribution in [3.8, 4) is 5.75 Å². The lowest BCUT2D eigenvalue weighted by Gasteiger charge is -2.07. The van der Waals surface area contributed by atoms with E-state index in [1.807, 2.05) is 37.4 Å². The van der Waals surface area contributed by atoms with Gasteiger partial charge in [0.1, 0.15) is 5.75 Å². The summed E-state index contributed by atoms with van der Waals surface area (Å²) in [5.74, 6) is 0.947. The average Bonchev–Trinajstić information content (AvgIpc) is 2.38. The molecule has 0 saturated carbocycles. The molecular formula is C15H23NO. The van der Waals surface area contributed by atoms with E-state index in [0.29, 0.717) is 0 Å². The maximum Gasteiger partial charge on any atom is 0.121 e. The molecule has 1 aromatic carbocycles. The largest absolute Gasteiger partial charge is 0.494 e. The number of benzene rings is 1. The molecule has 17 heavy (non-hydrogen) atoms. The predicted octanol–water partition coefficient (Wildman–Crippen LogP) is 4.24. The van der Waals surface area contributed by atoms with Gasteiger partial charge in [-0.1, -0.05) is 25.0 Å². The Morgan fingerprint density at radius 3 is 2.82 bits per heavy atom. The van der Waals surface area contributed by atoms with Crippen molar-refractivity contribution in [2.24, 2.45) is 0 Å². The molecule has 1 rings (SSSR count). The fourth-order valence-corrected chi connectivity index (χ4v) is 1.68. The van der Waals surface area contributed by atoms with Crippen LogP contribution in [0.15, 0.2) is 36.9 Å². The van der Waals surface area contributed by atoms with Crippen LogP contribution in [0.25, 0.3) is 0 Å². The Morgan fingerprint density at radius 2 is 2.06 bits per heavy atom. The molecule has 0 unspecified atom stereocenters. The second kappa shape index (κ2) is 8.68. The highest BCUT2D eigenvalue weighted by atomic mass is 16.5. The van der Waals surface area contributed by atoms with Gasteiger partial charge in [0.05, 0.1) is 6.61 Å². The van der Waals surface area contributed by atoms with Gasteiger partial charge >= 0.3 is 0 Å². The zero-order chi connectivity index (χ0) is 12.3. The third-order valence-corrected chi connectivity index (χ3v) is 2.69. The maximum atomic E-state index is 5.69. The van der Waals surface area contributed by atoms with Gasteiger partial charge in [0.2, 0.25) is 0 Å². The fourth-order valence-electron chi connectivity index (χ4n) is 1.68. The smallest absolute Gasteiger partial charge is 0.121 e. The van der Waals surface area contributed by atoms with Crippen LogP contribution in [0.3, 0.4) is 0 Å². The summed E-state index contributed by atoms with van der Waals surface area (Å²) in [6.07, 6.45) is 8.00. The SMILES string of the molecule is C=CCCCCCCOc1cccc(NC)c1. The van der Waals surface area contributed by atoms with Crippen LogP contribution in [0.4, 0.5) is 5.69 Å². The van der Waals surface area contributed by atoms with Crippen LogP contribution in [-0.2, 0) is 0 Å². The van der Waals surface area contributed by atoms with Crippen LogP contribution in [0.1, 0.15) is 32.1 Å². The topological polar surface area (TPSA) is 21.3 Å². The lowest BCUT2D eigenvalue weighted by molar-refractivity contribution is 0.305. The van der Waals surface area contributed by atoms with Crippen molar-refractivity contribution < 1.29 is 4.74 Å². The Bertz CT molecular complexity index is 322. The number of unbranched alkanes of at least 4 members (excludes halogenated alkanes) is 4. The van der Waals surface area contributed by atoms with Crippen molar-refractivity contribution in [1.82, 2.24) is 0 Å². The van der Waals surface area contributed by atoms with Crippen LogP contribution in [-0.4, -0.2) is 13.7 Å². The molecule has 0 aliphatic rings. The molecule has 0 spiro atoms. The molecule has 2 heteroatoms. The lowest BCUT2D eigenvalue weighted by Crippen LogP contribution is -1.98. The minimum Gasteiger partial charge on any atom is -0.494 e. The van der Waals surface area contributed by atoms with E-state index in [4.69, 9.17) is 4.74 Å². The molecule has 1 N–H and O–H groups in total. The number of anilines is 1. The number of rotatable bonds is 9. The van der Waals surface area contributed by atoms with Crippen molar-refractivity contribution in [3.63, 3.8) is 0 Å². The van der Waals surface area contributed by atoms with Crippen molar-refractivity contribution in [3.05, 3.63) is 36.9 Å². The minimum atomic E-state index is 0.807. The second-order valence-electron chi connectivity index (χ2n) is 4.12. The molecule has 0 aliphatic heterocycles. The quantitative estimate of drug-likeness (QED) is 0.508. The van der Waals surface area contributed by atoms with Crippen molar-refractivity contribution in [1.29, 1.82) is 0 Å². The van der Waals surface area contributed by atoms with E-state index in [1.54, 1.807) is 0 Å².